The Bertz CT molecular complexity index is 509. The number of amides is 1. The third-order valence-corrected chi connectivity index (χ3v) is 2.87. The average molecular weight is 290 g/mol. The van der Waals surface area contributed by atoms with Crippen LogP contribution in [0.25, 0.3) is 0 Å². The Morgan fingerprint density at radius 3 is 2.86 bits per heavy atom. The van der Waals surface area contributed by atoms with Crippen LogP contribution in [-0.4, -0.2) is 32.2 Å². The van der Waals surface area contributed by atoms with E-state index in [-0.39, 0.29) is 12.5 Å². The first-order chi connectivity index (χ1) is 10.1. The van der Waals surface area contributed by atoms with Crippen LogP contribution >= 0.6 is 0 Å². The van der Waals surface area contributed by atoms with Crippen LogP contribution in [0.1, 0.15) is 19.4 Å². The van der Waals surface area contributed by atoms with Crippen LogP contribution in [0.2, 0.25) is 0 Å². The molecule has 5 nitrogen and oxygen atoms in total. The lowest BCUT2D eigenvalue weighted by Crippen LogP contribution is -2.36. The van der Waals surface area contributed by atoms with Gasteiger partial charge in [0.1, 0.15) is 11.5 Å². The van der Waals surface area contributed by atoms with E-state index >= 15 is 0 Å². The van der Waals surface area contributed by atoms with Gasteiger partial charge >= 0.3 is 0 Å². The van der Waals surface area contributed by atoms with E-state index in [2.05, 4.69) is 16.6 Å². The van der Waals surface area contributed by atoms with Gasteiger partial charge in [0, 0.05) is 12.1 Å². The molecule has 5 heteroatoms. The lowest BCUT2D eigenvalue weighted by molar-refractivity contribution is -0.127. The number of methoxy groups -OCH3 is 1. The molecule has 21 heavy (non-hydrogen) atoms. The Labute approximate surface area is 126 Å². The van der Waals surface area contributed by atoms with Crippen molar-refractivity contribution >= 4 is 5.91 Å². The molecule has 0 aliphatic carbocycles. The first kappa shape index (κ1) is 16.9. The number of carbonyl (C=O) groups is 1. The summed E-state index contributed by atoms with van der Waals surface area (Å²) < 4.78 is 10.9. The normalized spacial score (nSPS) is 11.3. The van der Waals surface area contributed by atoms with Gasteiger partial charge in [-0.25, -0.2) is 0 Å². The summed E-state index contributed by atoms with van der Waals surface area (Å²) in [5.74, 6) is 3.52. The molecular weight excluding hydrogens is 268 g/mol. The molecule has 114 valence electrons. The number of terminal acetylenes is 1. The summed E-state index contributed by atoms with van der Waals surface area (Å²) in [4.78, 5) is 11.8. The zero-order valence-electron chi connectivity index (χ0n) is 12.7. The molecule has 1 atom stereocenters. The molecule has 0 saturated heterocycles. The van der Waals surface area contributed by atoms with Crippen LogP contribution in [0.3, 0.4) is 0 Å². The van der Waals surface area contributed by atoms with Crippen molar-refractivity contribution in [2.45, 2.75) is 26.5 Å². The van der Waals surface area contributed by atoms with Gasteiger partial charge in [-0.15, -0.1) is 6.42 Å². The molecule has 0 aliphatic heterocycles. The third kappa shape index (κ3) is 5.36. The van der Waals surface area contributed by atoms with Gasteiger partial charge in [-0.1, -0.05) is 12.8 Å². The smallest absolute Gasteiger partial charge is 0.261 e. The molecular formula is C16H22N2O3. The average Bonchev–Trinajstić information content (AvgIpc) is 2.51. The number of hydrogen-bond acceptors (Lipinski definition) is 4. The number of benzene rings is 1. The van der Waals surface area contributed by atoms with Crippen molar-refractivity contribution in [3.63, 3.8) is 0 Å². The zero-order chi connectivity index (χ0) is 15.7. The number of hydrogen-bond donors (Lipinski definition) is 2. The molecule has 0 aliphatic rings. The van der Waals surface area contributed by atoms with E-state index in [0.717, 1.165) is 17.9 Å². The first-order valence-electron chi connectivity index (χ1n) is 6.87. The molecule has 0 heterocycles. The predicted molar refractivity (Wildman–Crippen MR) is 82.3 cm³/mol. The largest absolute Gasteiger partial charge is 0.497 e. The van der Waals surface area contributed by atoms with Gasteiger partial charge in [0.25, 0.3) is 5.91 Å². The summed E-state index contributed by atoms with van der Waals surface area (Å²) in [5, 5.41) is 5.83. The molecule has 1 aromatic rings. The van der Waals surface area contributed by atoms with Crippen LogP contribution in [0.5, 0.6) is 11.5 Å². The summed E-state index contributed by atoms with van der Waals surface area (Å²) in [7, 11) is 1.61. The van der Waals surface area contributed by atoms with Gasteiger partial charge in [-0.2, -0.15) is 0 Å². The van der Waals surface area contributed by atoms with Crippen molar-refractivity contribution in [3.05, 3.63) is 23.8 Å². The summed E-state index contributed by atoms with van der Waals surface area (Å²) in [6.45, 7) is 5.39. The standard InChI is InChI=1S/C16H22N2O3/c1-5-9-18-16(19)12(3)21-15-8-7-14(20-4)10-13(15)11-17-6-2/h1,7-8,10,12,17H,6,9,11H2,2-4H3,(H,18,19). The molecule has 0 spiro atoms. The number of ether oxygens (including phenoxy) is 2. The molecule has 0 aromatic heterocycles. The molecule has 1 aromatic carbocycles. The van der Waals surface area contributed by atoms with E-state index in [4.69, 9.17) is 15.9 Å². The van der Waals surface area contributed by atoms with E-state index < -0.39 is 6.10 Å². The van der Waals surface area contributed by atoms with Gasteiger partial charge in [0.15, 0.2) is 6.10 Å². The van der Waals surface area contributed by atoms with Gasteiger partial charge < -0.3 is 20.1 Å². The molecule has 1 amide bonds. The Kier molecular flexibility index (Phi) is 7.13. The number of rotatable bonds is 8. The summed E-state index contributed by atoms with van der Waals surface area (Å²) >= 11 is 0. The zero-order valence-corrected chi connectivity index (χ0v) is 12.7. The van der Waals surface area contributed by atoms with Crippen molar-refractivity contribution < 1.29 is 14.3 Å². The van der Waals surface area contributed by atoms with E-state index in [0.29, 0.717) is 12.3 Å². The maximum atomic E-state index is 11.8. The van der Waals surface area contributed by atoms with Crippen molar-refractivity contribution in [1.82, 2.24) is 10.6 Å². The first-order valence-corrected chi connectivity index (χ1v) is 6.87. The summed E-state index contributed by atoms with van der Waals surface area (Å²) in [6.07, 6.45) is 4.49. The SMILES string of the molecule is C#CCNC(=O)C(C)Oc1ccc(OC)cc1CNCC. The molecule has 0 fully saturated rings. The second-order valence-electron chi connectivity index (χ2n) is 4.44. The second-order valence-corrected chi connectivity index (χ2v) is 4.44. The Balaban J connectivity index is 2.80. The monoisotopic (exact) mass is 290 g/mol. The molecule has 1 unspecified atom stereocenters. The van der Waals surface area contributed by atoms with Gasteiger partial charge in [-0.3, -0.25) is 4.79 Å². The van der Waals surface area contributed by atoms with Crippen molar-refractivity contribution in [3.8, 4) is 23.8 Å². The minimum atomic E-state index is -0.618. The van der Waals surface area contributed by atoms with Crippen LogP contribution in [0.4, 0.5) is 0 Å². The highest BCUT2D eigenvalue weighted by Crippen LogP contribution is 2.25. The topological polar surface area (TPSA) is 59.6 Å². The lowest BCUT2D eigenvalue weighted by atomic mass is 10.2. The molecule has 2 N–H and O–H groups in total. The summed E-state index contributed by atoms with van der Waals surface area (Å²) in [6, 6.07) is 5.50. The fourth-order valence-corrected chi connectivity index (χ4v) is 1.72. The van der Waals surface area contributed by atoms with E-state index in [9.17, 15) is 4.79 Å². The van der Waals surface area contributed by atoms with Gasteiger partial charge in [0.2, 0.25) is 0 Å². The maximum absolute atomic E-state index is 11.8. The fraction of sp³-hybridized carbons (Fsp3) is 0.438. The van der Waals surface area contributed by atoms with E-state index in [1.807, 2.05) is 13.0 Å². The summed E-state index contributed by atoms with van der Waals surface area (Å²) in [5.41, 5.74) is 0.938. The Morgan fingerprint density at radius 2 is 2.24 bits per heavy atom. The highest BCUT2D eigenvalue weighted by Gasteiger charge is 2.16. The highest BCUT2D eigenvalue weighted by molar-refractivity contribution is 5.80. The van der Waals surface area contributed by atoms with Gasteiger partial charge in [-0.05, 0) is 31.7 Å². The van der Waals surface area contributed by atoms with E-state index in [1.165, 1.54) is 0 Å². The second kappa shape index (κ2) is 8.88. The van der Waals surface area contributed by atoms with Crippen molar-refractivity contribution in [1.29, 1.82) is 0 Å². The van der Waals surface area contributed by atoms with Gasteiger partial charge in [0.05, 0.1) is 13.7 Å². The van der Waals surface area contributed by atoms with Crippen LogP contribution in [0.15, 0.2) is 18.2 Å². The minimum absolute atomic E-state index is 0.194. The number of carbonyl (C=O) groups excluding carboxylic acids is 1. The lowest BCUT2D eigenvalue weighted by Gasteiger charge is -2.17. The quantitative estimate of drug-likeness (QED) is 0.709. The van der Waals surface area contributed by atoms with Crippen molar-refractivity contribution in [2.24, 2.45) is 0 Å². The van der Waals surface area contributed by atoms with E-state index in [1.54, 1.807) is 26.2 Å². The van der Waals surface area contributed by atoms with Crippen LogP contribution in [-0.2, 0) is 11.3 Å². The highest BCUT2D eigenvalue weighted by atomic mass is 16.5. The Hall–Kier alpha value is -2.19. The Morgan fingerprint density at radius 1 is 1.48 bits per heavy atom. The number of nitrogens with one attached hydrogen (secondary N) is 2. The predicted octanol–water partition coefficient (Wildman–Crippen LogP) is 1.32. The van der Waals surface area contributed by atoms with Crippen molar-refractivity contribution in [2.75, 3.05) is 20.2 Å². The van der Waals surface area contributed by atoms with Crippen LogP contribution < -0.4 is 20.1 Å². The third-order valence-electron chi connectivity index (χ3n) is 2.87. The maximum Gasteiger partial charge on any atom is 0.261 e. The molecule has 0 radical (unpaired) electrons. The molecule has 1 rings (SSSR count). The molecule has 0 saturated carbocycles. The minimum Gasteiger partial charge on any atom is -0.497 e. The fourth-order valence-electron chi connectivity index (χ4n) is 1.72. The molecule has 0 bridgehead atoms. The van der Waals surface area contributed by atoms with Crippen LogP contribution in [0, 0.1) is 12.3 Å².